The maximum Gasteiger partial charge on any atom is 0.472 e. The summed E-state index contributed by atoms with van der Waals surface area (Å²) < 4.78 is 26.9. The molecule has 0 heterocycles. The Morgan fingerprint density at radius 1 is 0.525 bits per heavy atom. The molecule has 0 aromatic carbocycles. The normalized spacial score (nSPS) is 13.8. The van der Waals surface area contributed by atoms with Gasteiger partial charge in [-0.3, -0.25) is 18.6 Å². The molecular weight excluding hydrogens is 794 g/mol. The van der Waals surface area contributed by atoms with Crippen molar-refractivity contribution in [2.75, 3.05) is 19.8 Å². The summed E-state index contributed by atoms with van der Waals surface area (Å²) in [7, 11) is -4.76. The summed E-state index contributed by atoms with van der Waals surface area (Å²) in [6.07, 6.45) is 47.8. The van der Waals surface area contributed by atoms with Crippen molar-refractivity contribution < 1.29 is 47.8 Å². The zero-order chi connectivity index (χ0) is 44.9. The minimum Gasteiger partial charge on any atom is -0.480 e. The van der Waals surface area contributed by atoms with E-state index < -0.39 is 57.6 Å². The molecule has 12 heteroatoms. The van der Waals surface area contributed by atoms with Crippen molar-refractivity contribution >= 4 is 25.7 Å². The van der Waals surface area contributed by atoms with E-state index in [0.29, 0.717) is 12.8 Å². The van der Waals surface area contributed by atoms with E-state index >= 15 is 0 Å². The summed E-state index contributed by atoms with van der Waals surface area (Å²) in [5, 5.41) is 21.9. The average Bonchev–Trinajstić information content (AvgIpc) is 3.24. The molecule has 0 aromatic heterocycles. The van der Waals surface area contributed by atoms with E-state index in [9.17, 15) is 34.1 Å². The summed E-state index contributed by atoms with van der Waals surface area (Å²) in [6, 6.07) is -1.54. The second-order valence-corrected chi connectivity index (χ2v) is 18.5. The van der Waals surface area contributed by atoms with Crippen LogP contribution >= 0.6 is 7.82 Å². The molecule has 358 valence electrons. The number of aliphatic carboxylic acids is 1. The molecule has 0 spiro atoms. The van der Waals surface area contributed by atoms with Gasteiger partial charge in [-0.2, -0.15) is 0 Å². The Bertz CT molecular complexity index is 1130. The number of allylic oxidation sites excluding steroid dienone is 4. The van der Waals surface area contributed by atoms with Crippen molar-refractivity contribution in [1.29, 1.82) is 0 Å². The Kier molecular flexibility index (Phi) is 43.1. The van der Waals surface area contributed by atoms with Crippen LogP contribution in [0.15, 0.2) is 24.3 Å². The SMILES string of the molecule is CCC/C=C\C/C=C\CCCCCCCC(=O)OCC(O)COP(=O)(O)OCC(NC(=O)CCCCCCCCCCCCCCCCCCCCCCCCCC)C(=O)O. The standard InChI is InChI=1S/C49H92NO10P/c1-3-5-7-9-11-13-15-17-18-19-20-21-22-23-24-25-26-27-29-30-32-34-36-38-40-47(52)50-46(49(54)55)44-60-61(56,57)59-43-45(51)42-58-48(53)41-39-37-35-33-31-28-16-14-12-10-8-6-4-2/h8,10,14,16,45-46,51H,3-7,9,11-13,15,17-44H2,1-2H3,(H,50,52)(H,54,55)(H,56,57)/b10-8-,16-14-. The molecule has 0 aliphatic heterocycles. The number of carboxylic acid groups (broad SMARTS) is 1. The van der Waals surface area contributed by atoms with Crippen LogP contribution in [-0.2, 0) is 32.7 Å². The lowest BCUT2D eigenvalue weighted by Gasteiger charge is -2.18. The molecule has 0 radical (unpaired) electrons. The van der Waals surface area contributed by atoms with Crippen molar-refractivity contribution in [1.82, 2.24) is 5.32 Å². The van der Waals surface area contributed by atoms with Gasteiger partial charge in [0.2, 0.25) is 5.91 Å². The largest absolute Gasteiger partial charge is 0.480 e. The number of hydrogen-bond acceptors (Lipinski definition) is 8. The zero-order valence-electron chi connectivity index (χ0n) is 39.0. The molecule has 0 saturated carbocycles. The van der Waals surface area contributed by atoms with E-state index in [4.69, 9.17) is 13.8 Å². The van der Waals surface area contributed by atoms with Gasteiger partial charge in [0.05, 0.1) is 13.2 Å². The maximum absolute atomic E-state index is 12.4. The summed E-state index contributed by atoms with van der Waals surface area (Å²) in [5.74, 6) is -2.37. The van der Waals surface area contributed by atoms with Crippen LogP contribution in [-0.4, -0.2) is 64.9 Å². The van der Waals surface area contributed by atoms with E-state index in [1.54, 1.807) is 0 Å². The van der Waals surface area contributed by atoms with Crippen molar-refractivity contribution in [3.63, 3.8) is 0 Å². The topological polar surface area (TPSA) is 169 Å². The number of esters is 1. The number of hydrogen-bond donors (Lipinski definition) is 4. The van der Waals surface area contributed by atoms with Crippen LogP contribution in [0.5, 0.6) is 0 Å². The van der Waals surface area contributed by atoms with Gasteiger partial charge in [-0.15, -0.1) is 0 Å². The lowest BCUT2D eigenvalue weighted by atomic mass is 10.0. The molecule has 61 heavy (non-hydrogen) atoms. The average molecular weight is 886 g/mol. The van der Waals surface area contributed by atoms with Gasteiger partial charge < -0.3 is 25.2 Å². The Morgan fingerprint density at radius 2 is 0.934 bits per heavy atom. The number of carbonyl (C=O) groups excluding carboxylic acids is 2. The van der Waals surface area contributed by atoms with Gasteiger partial charge in [0.15, 0.2) is 6.04 Å². The summed E-state index contributed by atoms with van der Waals surface area (Å²) >= 11 is 0. The highest BCUT2D eigenvalue weighted by atomic mass is 31.2. The highest BCUT2D eigenvalue weighted by Gasteiger charge is 2.28. The highest BCUT2D eigenvalue weighted by Crippen LogP contribution is 2.43. The fourth-order valence-corrected chi connectivity index (χ4v) is 7.89. The van der Waals surface area contributed by atoms with E-state index in [2.05, 4.69) is 43.5 Å². The lowest BCUT2D eigenvalue weighted by molar-refractivity contribution is -0.147. The number of carboxylic acids is 1. The minimum atomic E-state index is -4.76. The number of aliphatic hydroxyl groups excluding tert-OH is 1. The fourth-order valence-electron chi connectivity index (χ4n) is 7.12. The van der Waals surface area contributed by atoms with E-state index in [-0.39, 0.29) is 12.8 Å². The number of ether oxygens (including phenoxy) is 1. The molecular formula is C49H92NO10P. The molecule has 0 aliphatic rings. The van der Waals surface area contributed by atoms with Gasteiger partial charge in [0, 0.05) is 12.8 Å². The minimum absolute atomic E-state index is 0.150. The molecule has 3 atom stereocenters. The highest BCUT2D eigenvalue weighted by molar-refractivity contribution is 7.47. The van der Waals surface area contributed by atoms with Crippen LogP contribution in [0.4, 0.5) is 0 Å². The third kappa shape index (κ3) is 44.4. The van der Waals surface area contributed by atoms with Gasteiger partial charge >= 0.3 is 19.8 Å². The molecule has 0 rings (SSSR count). The molecule has 0 saturated heterocycles. The first-order valence-corrected chi connectivity index (χ1v) is 26.4. The number of carbonyl (C=O) groups is 3. The van der Waals surface area contributed by atoms with E-state index in [1.807, 2.05) is 0 Å². The second kappa shape index (κ2) is 44.6. The monoisotopic (exact) mass is 886 g/mol. The summed E-state index contributed by atoms with van der Waals surface area (Å²) in [4.78, 5) is 46.0. The predicted molar refractivity (Wildman–Crippen MR) is 249 cm³/mol. The molecule has 0 fully saturated rings. The van der Waals surface area contributed by atoms with Gasteiger partial charge in [-0.25, -0.2) is 9.36 Å². The Balaban J connectivity index is 3.79. The van der Waals surface area contributed by atoms with Crippen LogP contribution in [0, 0.1) is 0 Å². The first kappa shape index (κ1) is 59.0. The number of nitrogens with one attached hydrogen (secondary N) is 1. The van der Waals surface area contributed by atoms with Crippen molar-refractivity contribution in [3.8, 4) is 0 Å². The van der Waals surface area contributed by atoms with Crippen molar-refractivity contribution in [2.24, 2.45) is 0 Å². The number of amides is 1. The van der Waals surface area contributed by atoms with Crippen molar-refractivity contribution in [2.45, 2.75) is 251 Å². The molecule has 1 amide bonds. The molecule has 4 N–H and O–H groups in total. The number of phosphoric acid groups is 1. The van der Waals surface area contributed by atoms with E-state index in [0.717, 1.165) is 64.2 Å². The Hall–Kier alpha value is -2.04. The fraction of sp³-hybridized carbons (Fsp3) is 0.857. The van der Waals surface area contributed by atoms with Crippen LogP contribution in [0.2, 0.25) is 0 Å². The predicted octanol–water partition coefficient (Wildman–Crippen LogP) is 13.4. The van der Waals surface area contributed by atoms with Crippen LogP contribution in [0.3, 0.4) is 0 Å². The Morgan fingerprint density at radius 3 is 1.39 bits per heavy atom. The van der Waals surface area contributed by atoms with Crippen molar-refractivity contribution in [3.05, 3.63) is 24.3 Å². The lowest BCUT2D eigenvalue weighted by Crippen LogP contribution is -2.43. The zero-order valence-corrected chi connectivity index (χ0v) is 39.9. The van der Waals surface area contributed by atoms with Gasteiger partial charge in [0.1, 0.15) is 12.7 Å². The quantitative estimate of drug-likeness (QED) is 0.0200. The molecule has 0 bridgehead atoms. The van der Waals surface area contributed by atoms with Gasteiger partial charge in [-0.1, -0.05) is 212 Å². The molecule has 3 unspecified atom stereocenters. The van der Waals surface area contributed by atoms with Crippen LogP contribution < -0.4 is 5.32 Å². The van der Waals surface area contributed by atoms with Gasteiger partial charge in [0.25, 0.3) is 0 Å². The van der Waals surface area contributed by atoms with Crippen LogP contribution in [0.1, 0.15) is 239 Å². The summed E-state index contributed by atoms with van der Waals surface area (Å²) in [6.45, 7) is 2.55. The first-order valence-electron chi connectivity index (χ1n) is 24.9. The van der Waals surface area contributed by atoms with Gasteiger partial charge in [-0.05, 0) is 38.5 Å². The first-order chi connectivity index (χ1) is 29.6. The molecule has 0 aromatic rings. The molecule has 0 aliphatic carbocycles. The smallest absolute Gasteiger partial charge is 0.472 e. The number of unbranched alkanes of at least 4 members (excludes halogenated alkanes) is 29. The number of rotatable bonds is 47. The summed E-state index contributed by atoms with van der Waals surface area (Å²) in [5.41, 5.74) is 0. The number of aliphatic hydroxyl groups is 1. The van der Waals surface area contributed by atoms with Crippen LogP contribution in [0.25, 0.3) is 0 Å². The third-order valence-electron chi connectivity index (χ3n) is 11.0. The Labute approximate surface area is 372 Å². The number of phosphoric ester groups is 1. The second-order valence-electron chi connectivity index (χ2n) is 17.0. The van der Waals surface area contributed by atoms with E-state index in [1.165, 1.54) is 135 Å². The third-order valence-corrected chi connectivity index (χ3v) is 11.9. The molecule has 11 nitrogen and oxygen atoms in total. The maximum atomic E-state index is 12.4.